The van der Waals surface area contributed by atoms with Crippen LogP contribution in [0.5, 0.6) is 0 Å². The van der Waals surface area contributed by atoms with E-state index in [4.69, 9.17) is 0 Å². The third-order valence-electron chi connectivity index (χ3n) is 13.9. The van der Waals surface area contributed by atoms with Crippen molar-refractivity contribution in [1.29, 1.82) is 0 Å². The summed E-state index contributed by atoms with van der Waals surface area (Å²) < 4.78 is 0. The first-order valence-electron chi connectivity index (χ1n) is 23.5. The molecule has 0 amide bonds. The molecule has 8 aromatic carbocycles. The van der Waals surface area contributed by atoms with E-state index in [1.54, 1.807) is 0 Å². The number of hydrogen-bond acceptors (Lipinski definition) is 0. The van der Waals surface area contributed by atoms with Gasteiger partial charge in [-0.2, -0.15) is 0 Å². The maximum atomic E-state index is 3.58. The van der Waals surface area contributed by atoms with Crippen LogP contribution in [-0.4, -0.2) is 0 Å². The maximum Gasteiger partial charge on any atom is 0.0252 e. The second-order valence-corrected chi connectivity index (χ2v) is 17.9. The van der Waals surface area contributed by atoms with Crippen LogP contribution in [0.2, 0.25) is 0 Å². The number of hydrogen-bond donors (Lipinski definition) is 0. The molecule has 0 atom stereocenters. The van der Waals surface area contributed by atoms with Crippen LogP contribution in [-0.2, 0) is 5.41 Å². The molecular formula is C65H50. The zero-order valence-electron chi connectivity index (χ0n) is 37.2. The Bertz CT molecular complexity index is 3000. The van der Waals surface area contributed by atoms with Gasteiger partial charge in [0.25, 0.3) is 0 Å². The van der Waals surface area contributed by atoms with Gasteiger partial charge in [-0.05, 0) is 163 Å². The summed E-state index contributed by atoms with van der Waals surface area (Å²) in [4.78, 5) is 0. The lowest BCUT2D eigenvalue weighted by Gasteiger charge is -2.33. The Hall–Kier alpha value is -7.64. The topological polar surface area (TPSA) is 0 Å². The molecular weight excluding hydrogens is 781 g/mol. The monoisotopic (exact) mass is 830 g/mol. The predicted molar refractivity (Wildman–Crippen MR) is 274 cm³/mol. The summed E-state index contributed by atoms with van der Waals surface area (Å²) in [5, 5.41) is 0. The van der Waals surface area contributed by atoms with Gasteiger partial charge in [-0.1, -0.05) is 197 Å². The van der Waals surface area contributed by atoms with Crippen molar-refractivity contribution in [3.05, 3.63) is 249 Å². The number of benzene rings is 8. The Morgan fingerprint density at radius 2 is 0.646 bits per heavy atom. The quantitative estimate of drug-likeness (QED) is 0.134. The van der Waals surface area contributed by atoms with E-state index in [1.165, 1.54) is 102 Å². The number of fused-ring (bicyclic) bond motifs is 9. The molecule has 0 radical (unpaired) electrons. The van der Waals surface area contributed by atoms with Gasteiger partial charge in [-0.25, -0.2) is 0 Å². The van der Waals surface area contributed by atoms with Gasteiger partial charge in [0.15, 0.2) is 0 Å². The number of unbranched alkanes of at least 4 members (excludes halogenated alkanes) is 2. The molecule has 3 aliphatic rings. The average molecular weight is 831 g/mol. The zero-order valence-corrected chi connectivity index (χ0v) is 37.2. The van der Waals surface area contributed by atoms with Crippen LogP contribution < -0.4 is 0 Å². The molecule has 0 N–H and O–H groups in total. The molecule has 0 aliphatic heterocycles. The summed E-state index contributed by atoms with van der Waals surface area (Å²) in [5.41, 5.74) is 25.0. The Balaban J connectivity index is 0.866. The summed E-state index contributed by atoms with van der Waals surface area (Å²) >= 11 is 0. The lowest BCUT2D eigenvalue weighted by Crippen LogP contribution is -2.25. The molecule has 0 spiro atoms. The molecule has 3 aliphatic carbocycles. The third-order valence-corrected chi connectivity index (χ3v) is 13.9. The molecule has 0 nitrogen and oxygen atoms in total. The second kappa shape index (κ2) is 17.1. The van der Waals surface area contributed by atoms with Crippen molar-refractivity contribution in [2.45, 2.75) is 57.8 Å². The molecule has 0 unspecified atom stereocenters. The van der Waals surface area contributed by atoms with Gasteiger partial charge in [0.2, 0.25) is 0 Å². The molecule has 11 rings (SSSR count). The van der Waals surface area contributed by atoms with Crippen LogP contribution in [0, 0.1) is 23.7 Å². The van der Waals surface area contributed by atoms with Crippen molar-refractivity contribution in [3.63, 3.8) is 0 Å². The van der Waals surface area contributed by atoms with Crippen molar-refractivity contribution in [2.24, 2.45) is 0 Å². The lowest BCUT2D eigenvalue weighted by molar-refractivity contribution is 0.414. The Labute approximate surface area is 385 Å². The van der Waals surface area contributed by atoms with Crippen LogP contribution in [0.1, 0.15) is 119 Å². The van der Waals surface area contributed by atoms with E-state index in [1.807, 2.05) is 0 Å². The number of rotatable bonds is 8. The van der Waals surface area contributed by atoms with Gasteiger partial charge < -0.3 is 0 Å². The van der Waals surface area contributed by atoms with Gasteiger partial charge in [0, 0.05) is 27.7 Å². The van der Waals surface area contributed by atoms with Gasteiger partial charge in [0.05, 0.1) is 0 Å². The summed E-state index contributed by atoms with van der Waals surface area (Å²) in [6.07, 6.45) is 11.5. The Kier molecular flexibility index (Phi) is 10.6. The fourth-order valence-corrected chi connectivity index (χ4v) is 10.6. The van der Waals surface area contributed by atoms with Crippen LogP contribution in [0.25, 0.3) is 56.7 Å². The first kappa shape index (κ1) is 40.2. The molecule has 0 heteroatoms. The summed E-state index contributed by atoms with van der Waals surface area (Å²) in [5.74, 6) is 14.2. The van der Waals surface area contributed by atoms with E-state index in [9.17, 15) is 0 Å². The van der Waals surface area contributed by atoms with Crippen molar-refractivity contribution in [3.8, 4) is 57.1 Å². The largest absolute Gasteiger partial charge is 0.0654 e. The highest BCUT2D eigenvalue weighted by Crippen LogP contribution is 2.55. The van der Waals surface area contributed by atoms with Crippen molar-refractivity contribution < 1.29 is 0 Å². The summed E-state index contributed by atoms with van der Waals surface area (Å²) in [6.45, 7) is 4.63. The first-order valence-corrected chi connectivity index (χ1v) is 23.5. The smallest absolute Gasteiger partial charge is 0.0252 e. The minimum atomic E-state index is -0.0642. The minimum absolute atomic E-state index is 0.0642. The molecule has 8 aromatic rings. The summed E-state index contributed by atoms with van der Waals surface area (Å²) in [7, 11) is 0. The molecule has 310 valence electrons. The third kappa shape index (κ3) is 7.37. The van der Waals surface area contributed by atoms with Gasteiger partial charge in [-0.15, -0.1) is 0 Å². The second-order valence-electron chi connectivity index (χ2n) is 17.9. The van der Waals surface area contributed by atoms with Crippen LogP contribution >= 0.6 is 0 Å². The Morgan fingerprint density at radius 1 is 0.338 bits per heavy atom. The predicted octanol–water partition coefficient (Wildman–Crippen LogP) is 16.3. The van der Waals surface area contributed by atoms with Gasteiger partial charge >= 0.3 is 0 Å². The molecule has 0 heterocycles. The Morgan fingerprint density at radius 3 is 0.985 bits per heavy atom. The highest BCUT2D eigenvalue weighted by atomic mass is 14.4. The maximum absolute atomic E-state index is 3.58. The van der Waals surface area contributed by atoms with E-state index >= 15 is 0 Å². The van der Waals surface area contributed by atoms with E-state index in [0.717, 1.165) is 47.9 Å². The standard InChI is InChI=1S/C65H50/c1-3-5-39-65(40-6-4-2)63-43-49(33-27-45-23-29-47(30-24-45)41-61-55-19-11-7-15-51(55)52-16-8-12-20-56(52)61)35-37-59(63)60-38-36-50(44-64(60)65)34-28-46-25-31-48(32-26-46)42-62-57-21-13-9-17-53(57)54-18-10-14-22-58(54)62/h7-26,29-32,35-38,41-44H,3-6,39-40H2,1-2H3. The van der Waals surface area contributed by atoms with Gasteiger partial charge in [0.1, 0.15) is 0 Å². The zero-order chi connectivity index (χ0) is 43.7. The van der Waals surface area contributed by atoms with Gasteiger partial charge in [-0.3, -0.25) is 0 Å². The van der Waals surface area contributed by atoms with Crippen LogP contribution in [0.4, 0.5) is 0 Å². The highest BCUT2D eigenvalue weighted by Gasteiger charge is 2.42. The van der Waals surface area contributed by atoms with Crippen LogP contribution in [0.3, 0.4) is 0 Å². The van der Waals surface area contributed by atoms with Crippen molar-refractivity contribution >= 4 is 23.3 Å². The van der Waals surface area contributed by atoms with Crippen molar-refractivity contribution in [1.82, 2.24) is 0 Å². The molecule has 0 aromatic heterocycles. The van der Waals surface area contributed by atoms with E-state index in [2.05, 4.69) is 232 Å². The molecule has 65 heavy (non-hydrogen) atoms. The van der Waals surface area contributed by atoms with E-state index in [-0.39, 0.29) is 5.41 Å². The van der Waals surface area contributed by atoms with Crippen LogP contribution in [0.15, 0.2) is 182 Å². The molecule has 0 saturated heterocycles. The fourth-order valence-electron chi connectivity index (χ4n) is 10.6. The average Bonchev–Trinajstić information content (AvgIpc) is 3.95. The first-order chi connectivity index (χ1) is 32.1. The minimum Gasteiger partial charge on any atom is -0.0654 e. The highest BCUT2D eigenvalue weighted by molar-refractivity contribution is 6.07. The van der Waals surface area contributed by atoms with E-state index < -0.39 is 0 Å². The molecule has 0 saturated carbocycles. The summed E-state index contributed by atoms with van der Waals surface area (Å²) in [6, 6.07) is 66.2. The van der Waals surface area contributed by atoms with Crippen molar-refractivity contribution in [2.75, 3.05) is 0 Å². The fraction of sp³-hybridized carbons (Fsp3) is 0.138. The lowest BCUT2D eigenvalue weighted by atomic mass is 9.70. The molecule has 0 bridgehead atoms. The van der Waals surface area contributed by atoms with E-state index in [0.29, 0.717) is 0 Å². The normalized spacial score (nSPS) is 13.0. The molecule has 0 fully saturated rings. The SMILES string of the molecule is CCCCC1(CCCC)c2cc(C#Cc3ccc(C=C4c5ccccc5-c5ccccc54)cc3)ccc2-c2ccc(C#Cc3ccc(C=C4c5ccccc5-c5ccccc54)cc3)cc21.